The molecule has 2 aromatic rings. The summed E-state index contributed by atoms with van der Waals surface area (Å²) in [5.74, 6) is 0.261. The molecule has 1 N–H and O–H groups in total. The fraction of sp³-hybridized carbons (Fsp3) is 0.444. The fourth-order valence-corrected chi connectivity index (χ4v) is 3.53. The predicted octanol–water partition coefficient (Wildman–Crippen LogP) is 3.93. The normalized spacial score (nSPS) is 15.2. The van der Waals surface area contributed by atoms with Crippen LogP contribution in [0.2, 0.25) is 0 Å². The van der Waals surface area contributed by atoms with E-state index in [1.54, 1.807) is 0 Å². The van der Waals surface area contributed by atoms with Crippen molar-refractivity contribution >= 4 is 17.0 Å². The van der Waals surface area contributed by atoms with E-state index >= 15 is 0 Å². The largest absolute Gasteiger partial charge is 0.464 e. The summed E-state index contributed by atoms with van der Waals surface area (Å²) in [5.41, 5.74) is 4.79. The third-order valence-corrected chi connectivity index (χ3v) is 4.85. The van der Waals surface area contributed by atoms with Crippen molar-refractivity contribution < 1.29 is 14.6 Å². The molecule has 23 heavy (non-hydrogen) atoms. The van der Waals surface area contributed by atoms with Crippen molar-refractivity contribution in [1.82, 2.24) is 4.57 Å². The molecular weight excluding hydrogens is 292 g/mol. The van der Waals surface area contributed by atoms with E-state index in [-0.39, 0.29) is 12.5 Å². The topological polar surface area (TPSA) is 75.2 Å². The van der Waals surface area contributed by atoms with E-state index in [1.165, 1.54) is 4.57 Å². The molecule has 1 aliphatic heterocycles. The third kappa shape index (κ3) is 2.22. The number of hydrogen-bond donors (Lipinski definition) is 1. The van der Waals surface area contributed by atoms with Gasteiger partial charge in [-0.15, -0.1) is 0 Å². The fourth-order valence-electron chi connectivity index (χ4n) is 3.53. The molecule has 0 spiro atoms. The first-order valence-corrected chi connectivity index (χ1v) is 7.92. The van der Waals surface area contributed by atoms with Gasteiger partial charge in [0.15, 0.2) is 0 Å². The zero-order chi connectivity index (χ0) is 16.7. The van der Waals surface area contributed by atoms with E-state index in [0.717, 1.165) is 28.5 Å². The van der Waals surface area contributed by atoms with Crippen LogP contribution in [-0.2, 0) is 17.8 Å². The summed E-state index contributed by atoms with van der Waals surface area (Å²) in [6.45, 7) is 6.95. The highest BCUT2D eigenvalue weighted by molar-refractivity contribution is 5.99. The first-order chi connectivity index (χ1) is 11.0. The maximum atomic E-state index is 11.8. The molecule has 1 aromatic carbocycles. The number of hydrogen-bond acceptors (Lipinski definition) is 3. The summed E-state index contributed by atoms with van der Waals surface area (Å²) in [5, 5.41) is 20.2. The van der Waals surface area contributed by atoms with Crippen LogP contribution in [-0.4, -0.2) is 22.4 Å². The van der Waals surface area contributed by atoms with Crippen LogP contribution in [0, 0.1) is 18.3 Å². The van der Waals surface area contributed by atoms with Gasteiger partial charge in [0.2, 0.25) is 0 Å². The Bertz CT molecular complexity index is 843. The molecule has 0 radical (unpaired) electrons. The summed E-state index contributed by atoms with van der Waals surface area (Å²) in [6, 6.07) is 4.31. The lowest BCUT2D eigenvalue weighted by Crippen LogP contribution is -2.17. The molecule has 0 saturated carbocycles. The molecule has 2 heterocycles. The third-order valence-electron chi connectivity index (χ3n) is 4.85. The SMILES string of the molecule is CC[C@@H](C)c1cc(C)c2c(c1C#N)c1c(n2C(=O)O)COCC1. The molecule has 5 nitrogen and oxygen atoms in total. The van der Waals surface area contributed by atoms with Gasteiger partial charge in [-0.2, -0.15) is 5.26 Å². The standard InChI is InChI=1S/C18H20N2O3/c1-4-10(2)13-7-11(3)17-16(14(13)8-19)12-5-6-23-9-15(12)20(17)18(21)22/h7,10H,4-6,9H2,1-3H3,(H,21,22)/t10-/m1/s1. The number of aryl methyl sites for hydroxylation is 1. The second-order valence-electron chi connectivity index (χ2n) is 6.15. The molecule has 0 aliphatic carbocycles. The molecular formula is C18H20N2O3. The van der Waals surface area contributed by atoms with Gasteiger partial charge in [0.25, 0.3) is 0 Å². The number of ether oxygens (including phenoxy) is 1. The van der Waals surface area contributed by atoms with Crippen molar-refractivity contribution in [3.63, 3.8) is 0 Å². The van der Waals surface area contributed by atoms with Gasteiger partial charge < -0.3 is 9.84 Å². The Morgan fingerprint density at radius 2 is 2.30 bits per heavy atom. The van der Waals surface area contributed by atoms with E-state index in [2.05, 4.69) is 19.9 Å². The van der Waals surface area contributed by atoms with Crippen LogP contribution in [0.4, 0.5) is 4.79 Å². The number of nitriles is 1. The van der Waals surface area contributed by atoms with Crippen molar-refractivity contribution in [1.29, 1.82) is 5.26 Å². The van der Waals surface area contributed by atoms with Crippen LogP contribution in [0.15, 0.2) is 6.07 Å². The lowest BCUT2D eigenvalue weighted by molar-refractivity contribution is 0.105. The highest BCUT2D eigenvalue weighted by Gasteiger charge is 2.28. The number of nitrogens with zero attached hydrogens (tertiary/aromatic N) is 2. The highest BCUT2D eigenvalue weighted by Crippen LogP contribution is 2.38. The van der Waals surface area contributed by atoms with E-state index < -0.39 is 6.09 Å². The molecule has 0 amide bonds. The van der Waals surface area contributed by atoms with Gasteiger partial charge in [-0.25, -0.2) is 9.36 Å². The Balaban J connectivity index is 2.50. The van der Waals surface area contributed by atoms with Crippen molar-refractivity contribution in [2.24, 2.45) is 0 Å². The Kier molecular flexibility index (Phi) is 3.87. The van der Waals surface area contributed by atoms with Gasteiger partial charge >= 0.3 is 6.09 Å². The lowest BCUT2D eigenvalue weighted by Gasteiger charge is -2.15. The Morgan fingerprint density at radius 3 is 2.91 bits per heavy atom. The quantitative estimate of drug-likeness (QED) is 0.911. The van der Waals surface area contributed by atoms with Gasteiger partial charge in [-0.3, -0.25) is 0 Å². The monoisotopic (exact) mass is 312 g/mol. The Morgan fingerprint density at radius 1 is 1.57 bits per heavy atom. The summed E-state index contributed by atoms with van der Waals surface area (Å²) in [6.07, 6.45) is 0.555. The molecule has 5 heteroatoms. The molecule has 3 rings (SSSR count). The number of carbonyl (C=O) groups is 1. The number of carboxylic acid groups (broad SMARTS) is 1. The molecule has 120 valence electrons. The molecule has 0 fully saturated rings. The average molecular weight is 312 g/mol. The average Bonchev–Trinajstić information content (AvgIpc) is 2.90. The maximum absolute atomic E-state index is 11.8. The first-order valence-electron chi connectivity index (χ1n) is 7.92. The van der Waals surface area contributed by atoms with Gasteiger partial charge in [0.05, 0.1) is 30.0 Å². The van der Waals surface area contributed by atoms with Crippen LogP contribution in [0.25, 0.3) is 10.9 Å². The van der Waals surface area contributed by atoms with Crippen LogP contribution in [0.1, 0.15) is 54.1 Å². The number of aromatic nitrogens is 1. The minimum Gasteiger partial charge on any atom is -0.464 e. The molecule has 0 bridgehead atoms. The second-order valence-corrected chi connectivity index (χ2v) is 6.15. The van der Waals surface area contributed by atoms with Crippen LogP contribution >= 0.6 is 0 Å². The highest BCUT2D eigenvalue weighted by atomic mass is 16.5. The van der Waals surface area contributed by atoms with Crippen molar-refractivity contribution in [2.75, 3.05) is 6.61 Å². The molecule has 0 saturated heterocycles. The first kappa shape index (κ1) is 15.6. The van der Waals surface area contributed by atoms with E-state index in [4.69, 9.17) is 4.74 Å². The van der Waals surface area contributed by atoms with Gasteiger partial charge in [-0.1, -0.05) is 19.9 Å². The van der Waals surface area contributed by atoms with Crippen LogP contribution < -0.4 is 0 Å². The van der Waals surface area contributed by atoms with Crippen LogP contribution in [0.3, 0.4) is 0 Å². The van der Waals surface area contributed by atoms with Gasteiger partial charge in [0.1, 0.15) is 6.07 Å². The lowest BCUT2D eigenvalue weighted by atomic mass is 9.88. The van der Waals surface area contributed by atoms with Crippen molar-refractivity contribution in [3.05, 3.63) is 34.0 Å². The summed E-state index contributed by atoms with van der Waals surface area (Å²) in [7, 11) is 0. The van der Waals surface area contributed by atoms with Gasteiger partial charge in [0, 0.05) is 5.39 Å². The summed E-state index contributed by atoms with van der Waals surface area (Å²) < 4.78 is 6.77. The second kappa shape index (κ2) is 5.71. The van der Waals surface area contributed by atoms with E-state index in [9.17, 15) is 15.2 Å². The van der Waals surface area contributed by atoms with Crippen LogP contribution in [0.5, 0.6) is 0 Å². The molecule has 1 aromatic heterocycles. The number of benzene rings is 1. The molecule has 1 aliphatic rings. The van der Waals surface area contributed by atoms with Crippen molar-refractivity contribution in [3.8, 4) is 6.07 Å². The Hall–Kier alpha value is -2.32. The zero-order valence-corrected chi connectivity index (χ0v) is 13.6. The number of rotatable bonds is 2. The van der Waals surface area contributed by atoms with E-state index in [1.807, 2.05) is 13.0 Å². The molecule has 1 atom stereocenters. The predicted molar refractivity (Wildman–Crippen MR) is 86.9 cm³/mol. The summed E-state index contributed by atoms with van der Waals surface area (Å²) >= 11 is 0. The molecule has 0 unspecified atom stereocenters. The van der Waals surface area contributed by atoms with E-state index in [0.29, 0.717) is 29.8 Å². The summed E-state index contributed by atoms with van der Waals surface area (Å²) in [4.78, 5) is 11.8. The number of fused-ring (bicyclic) bond motifs is 3. The smallest absolute Gasteiger partial charge is 0.416 e. The maximum Gasteiger partial charge on any atom is 0.416 e. The van der Waals surface area contributed by atoms with Gasteiger partial charge in [-0.05, 0) is 42.4 Å². The van der Waals surface area contributed by atoms with Crippen molar-refractivity contribution in [2.45, 2.75) is 46.1 Å². The minimum absolute atomic E-state index is 0.261. The Labute approximate surface area is 135 Å². The zero-order valence-electron chi connectivity index (χ0n) is 13.6. The minimum atomic E-state index is -1.02.